The van der Waals surface area contributed by atoms with E-state index < -0.39 is 0 Å². The van der Waals surface area contributed by atoms with E-state index in [0.717, 1.165) is 27.7 Å². The zero-order valence-electron chi connectivity index (χ0n) is 14.3. The molecule has 25 heavy (non-hydrogen) atoms. The van der Waals surface area contributed by atoms with Crippen LogP contribution in [-0.2, 0) is 4.79 Å². The first-order chi connectivity index (χ1) is 11.9. The minimum Gasteiger partial charge on any atom is -0.328 e. The first-order valence-corrected chi connectivity index (χ1v) is 10.2. The Morgan fingerprint density at radius 3 is 2.68 bits per heavy atom. The van der Waals surface area contributed by atoms with Gasteiger partial charge in [0.15, 0.2) is 5.78 Å². The lowest BCUT2D eigenvalue weighted by Gasteiger charge is -2.38. The molecule has 130 valence electrons. The van der Waals surface area contributed by atoms with Gasteiger partial charge in [0.1, 0.15) is 6.04 Å². The van der Waals surface area contributed by atoms with Crippen molar-refractivity contribution in [1.29, 1.82) is 0 Å². The molecule has 2 aromatic rings. The van der Waals surface area contributed by atoms with E-state index in [1.807, 2.05) is 35.2 Å². The van der Waals surface area contributed by atoms with Crippen LogP contribution in [0.2, 0.25) is 0 Å². The first kappa shape index (κ1) is 16.8. The summed E-state index contributed by atoms with van der Waals surface area (Å²) in [6, 6.07) is 7.86. The molecule has 1 aliphatic heterocycles. The van der Waals surface area contributed by atoms with Crippen LogP contribution in [-0.4, -0.2) is 26.8 Å². The number of benzene rings is 1. The summed E-state index contributed by atoms with van der Waals surface area (Å²) in [4.78, 5) is 17.6. The van der Waals surface area contributed by atoms with Crippen LogP contribution in [0.5, 0.6) is 0 Å². The molecule has 0 saturated heterocycles. The molecule has 5 nitrogen and oxygen atoms in total. The lowest BCUT2D eigenvalue weighted by Crippen LogP contribution is -2.36. The van der Waals surface area contributed by atoms with Crippen molar-refractivity contribution in [2.45, 2.75) is 37.9 Å². The van der Waals surface area contributed by atoms with E-state index in [1.165, 1.54) is 11.8 Å². The number of nitrogens with zero attached hydrogens (tertiary/aromatic N) is 3. The maximum atomic E-state index is 13.0. The van der Waals surface area contributed by atoms with Gasteiger partial charge in [-0.25, -0.2) is 4.68 Å². The number of thioether (sulfide) groups is 1. The van der Waals surface area contributed by atoms with E-state index in [9.17, 15) is 4.79 Å². The van der Waals surface area contributed by atoms with Crippen molar-refractivity contribution in [2.24, 2.45) is 5.41 Å². The molecule has 2 heterocycles. The normalized spacial score (nSPS) is 21.6. The average Bonchev–Trinajstić information content (AvgIpc) is 2.95. The molecule has 0 fully saturated rings. The minimum atomic E-state index is -0.226. The van der Waals surface area contributed by atoms with Crippen molar-refractivity contribution < 1.29 is 4.79 Å². The maximum absolute atomic E-state index is 13.0. The summed E-state index contributed by atoms with van der Waals surface area (Å²) >= 11 is 4.98. The van der Waals surface area contributed by atoms with Gasteiger partial charge >= 0.3 is 0 Å². The molecular weight excluding hydrogens is 400 g/mol. The SMILES string of the molecule is CSc1nc2n(n1)[C@@H](c1ccc(Br)cc1)C1=C(CC(C)(C)CC1=O)N2. The molecule has 1 aliphatic carbocycles. The zero-order chi connectivity index (χ0) is 17.8. The number of ketones is 1. The summed E-state index contributed by atoms with van der Waals surface area (Å²) in [6.07, 6.45) is 3.35. The Labute approximate surface area is 159 Å². The van der Waals surface area contributed by atoms with Gasteiger partial charge in [-0.3, -0.25) is 4.79 Å². The molecule has 2 aliphatic rings. The monoisotopic (exact) mass is 418 g/mol. The third-order valence-corrected chi connectivity index (χ3v) is 5.75. The summed E-state index contributed by atoms with van der Waals surface area (Å²) in [5.41, 5.74) is 2.81. The largest absolute Gasteiger partial charge is 0.328 e. The summed E-state index contributed by atoms with van der Waals surface area (Å²) in [7, 11) is 0. The van der Waals surface area contributed by atoms with Crippen molar-refractivity contribution in [1.82, 2.24) is 14.8 Å². The van der Waals surface area contributed by atoms with Gasteiger partial charge < -0.3 is 5.32 Å². The Morgan fingerprint density at radius 2 is 2.00 bits per heavy atom. The van der Waals surface area contributed by atoms with Crippen LogP contribution in [0.25, 0.3) is 0 Å². The number of halogens is 1. The van der Waals surface area contributed by atoms with Crippen LogP contribution in [0.1, 0.15) is 38.3 Å². The molecule has 0 saturated carbocycles. The number of hydrogen-bond donors (Lipinski definition) is 1. The lowest BCUT2D eigenvalue weighted by atomic mass is 9.73. The van der Waals surface area contributed by atoms with Crippen LogP contribution >= 0.6 is 27.7 Å². The summed E-state index contributed by atoms with van der Waals surface area (Å²) < 4.78 is 2.86. The van der Waals surface area contributed by atoms with Gasteiger partial charge in [0.25, 0.3) is 0 Å². The van der Waals surface area contributed by atoms with Gasteiger partial charge in [0.05, 0.1) is 0 Å². The number of rotatable bonds is 2. The standard InChI is InChI=1S/C18H19BrN4OS/c1-18(2)8-12-14(13(24)9-18)15(10-4-6-11(19)7-5-10)23-16(20-12)21-17(22-23)25-3/h4-7,15H,8-9H2,1-3H3,(H,20,21,22)/t15-/m0/s1. The lowest BCUT2D eigenvalue weighted by molar-refractivity contribution is -0.118. The highest BCUT2D eigenvalue weighted by Crippen LogP contribution is 2.45. The van der Waals surface area contributed by atoms with E-state index in [1.54, 1.807) is 0 Å². The zero-order valence-corrected chi connectivity index (χ0v) is 16.7. The Kier molecular flexibility index (Phi) is 4.03. The van der Waals surface area contributed by atoms with E-state index >= 15 is 0 Å². The van der Waals surface area contributed by atoms with Crippen molar-refractivity contribution in [3.8, 4) is 0 Å². The van der Waals surface area contributed by atoms with Crippen molar-refractivity contribution >= 4 is 39.4 Å². The van der Waals surface area contributed by atoms with E-state index in [-0.39, 0.29) is 17.2 Å². The molecule has 1 aromatic carbocycles. The number of hydrogen-bond acceptors (Lipinski definition) is 5. The topological polar surface area (TPSA) is 59.8 Å². The van der Waals surface area contributed by atoms with Gasteiger partial charge in [-0.2, -0.15) is 4.98 Å². The third-order valence-electron chi connectivity index (χ3n) is 4.68. The molecule has 1 atom stereocenters. The van der Waals surface area contributed by atoms with Gasteiger partial charge in [0, 0.05) is 22.2 Å². The molecule has 0 bridgehead atoms. The molecule has 4 rings (SSSR count). The molecular formula is C18H19BrN4OS. The van der Waals surface area contributed by atoms with Gasteiger partial charge in [-0.15, -0.1) is 5.10 Å². The summed E-state index contributed by atoms with van der Waals surface area (Å²) in [6.45, 7) is 4.27. The fourth-order valence-electron chi connectivity index (χ4n) is 3.63. The number of carbonyl (C=O) groups is 1. The fourth-order valence-corrected chi connectivity index (χ4v) is 4.24. The highest BCUT2D eigenvalue weighted by Gasteiger charge is 2.41. The minimum absolute atomic E-state index is 0.0439. The number of anilines is 1. The molecule has 0 unspecified atom stereocenters. The van der Waals surface area contributed by atoms with E-state index in [2.05, 4.69) is 45.2 Å². The predicted molar refractivity (Wildman–Crippen MR) is 103 cm³/mol. The molecule has 0 spiro atoms. The van der Waals surface area contributed by atoms with Crippen LogP contribution in [0.15, 0.2) is 45.2 Å². The van der Waals surface area contributed by atoms with Gasteiger partial charge in [-0.05, 0) is 35.8 Å². The number of Topliss-reactive ketones (excluding diaryl/α,β-unsaturated/α-hetero) is 1. The molecule has 7 heteroatoms. The van der Waals surface area contributed by atoms with Crippen molar-refractivity contribution in [3.05, 3.63) is 45.6 Å². The van der Waals surface area contributed by atoms with Gasteiger partial charge in [-0.1, -0.05) is 53.7 Å². The Bertz CT molecular complexity index is 885. The average molecular weight is 419 g/mol. The molecule has 1 N–H and O–H groups in total. The third kappa shape index (κ3) is 2.93. The van der Waals surface area contributed by atoms with Crippen LogP contribution < -0.4 is 5.32 Å². The predicted octanol–water partition coefficient (Wildman–Crippen LogP) is 4.42. The Balaban J connectivity index is 1.90. The smallest absolute Gasteiger partial charge is 0.227 e. The second-order valence-electron chi connectivity index (χ2n) is 7.28. The fraction of sp³-hybridized carbons (Fsp3) is 0.389. The number of allylic oxidation sites excluding steroid dienone is 2. The van der Waals surface area contributed by atoms with Crippen LogP contribution in [0, 0.1) is 5.41 Å². The Morgan fingerprint density at radius 1 is 1.28 bits per heavy atom. The number of fused-ring (bicyclic) bond motifs is 1. The first-order valence-electron chi connectivity index (χ1n) is 8.17. The highest BCUT2D eigenvalue weighted by molar-refractivity contribution is 9.10. The van der Waals surface area contributed by atoms with E-state index in [4.69, 9.17) is 0 Å². The van der Waals surface area contributed by atoms with Gasteiger partial charge in [0.2, 0.25) is 11.1 Å². The molecule has 1 aromatic heterocycles. The summed E-state index contributed by atoms with van der Waals surface area (Å²) in [5.74, 6) is 0.903. The quantitative estimate of drug-likeness (QED) is 0.731. The maximum Gasteiger partial charge on any atom is 0.227 e. The van der Waals surface area contributed by atoms with Crippen molar-refractivity contribution in [3.63, 3.8) is 0 Å². The second kappa shape index (κ2) is 5.99. The number of nitrogens with one attached hydrogen (secondary N) is 1. The number of aromatic nitrogens is 3. The van der Waals surface area contributed by atoms with Crippen LogP contribution in [0.4, 0.5) is 5.95 Å². The van der Waals surface area contributed by atoms with E-state index in [0.29, 0.717) is 17.5 Å². The Hall–Kier alpha value is -1.60. The van der Waals surface area contributed by atoms with Crippen molar-refractivity contribution in [2.75, 3.05) is 11.6 Å². The molecule has 0 radical (unpaired) electrons. The highest BCUT2D eigenvalue weighted by atomic mass is 79.9. The second-order valence-corrected chi connectivity index (χ2v) is 8.97. The summed E-state index contributed by atoms with van der Waals surface area (Å²) in [5, 5.41) is 8.70. The molecule has 0 amide bonds. The van der Waals surface area contributed by atoms with Crippen LogP contribution in [0.3, 0.4) is 0 Å². The number of carbonyl (C=O) groups excluding carboxylic acids is 1.